The van der Waals surface area contributed by atoms with Gasteiger partial charge in [-0.15, -0.1) is 11.3 Å². The van der Waals surface area contributed by atoms with E-state index in [4.69, 9.17) is 4.74 Å². The van der Waals surface area contributed by atoms with Crippen molar-refractivity contribution in [2.75, 3.05) is 14.1 Å². The van der Waals surface area contributed by atoms with Gasteiger partial charge in [0.15, 0.2) is 0 Å². The molecule has 3 heteroatoms. The highest BCUT2D eigenvalue weighted by atomic mass is 32.1. The van der Waals surface area contributed by atoms with Gasteiger partial charge in [0, 0.05) is 21.6 Å². The third-order valence-corrected chi connectivity index (χ3v) is 5.82. The Balaban J connectivity index is 1.61. The summed E-state index contributed by atoms with van der Waals surface area (Å²) in [7, 11) is 4.36. The highest BCUT2D eigenvalue weighted by Gasteiger charge is 2.14. The Hall–Kier alpha value is -2.88. The molecule has 1 N–H and O–H groups in total. The van der Waals surface area contributed by atoms with Gasteiger partial charge >= 0.3 is 0 Å². The van der Waals surface area contributed by atoms with Crippen LogP contribution in [0.5, 0.6) is 5.75 Å². The van der Waals surface area contributed by atoms with E-state index in [0.29, 0.717) is 6.61 Å². The van der Waals surface area contributed by atoms with Crippen molar-refractivity contribution in [3.05, 3.63) is 101 Å². The van der Waals surface area contributed by atoms with Crippen LogP contribution in [-0.4, -0.2) is 14.1 Å². The van der Waals surface area contributed by atoms with Crippen LogP contribution in [0.15, 0.2) is 90.3 Å². The molecule has 0 unspecified atom stereocenters. The largest absolute Gasteiger partial charge is 0.488 e. The molecule has 0 saturated carbocycles. The minimum atomic E-state index is 0.568. The first-order chi connectivity index (χ1) is 14.2. The Labute approximate surface area is 177 Å². The second kappa shape index (κ2) is 9.08. The molecule has 0 fully saturated rings. The van der Waals surface area contributed by atoms with Gasteiger partial charge < -0.3 is 9.64 Å². The molecule has 0 spiro atoms. The zero-order chi connectivity index (χ0) is 20.1. The maximum atomic E-state index is 6.20. The summed E-state index contributed by atoms with van der Waals surface area (Å²) in [6, 6.07) is 29.8. The number of nitrogens with one attached hydrogen (secondary N) is 1. The Bertz CT molecular complexity index is 1050. The van der Waals surface area contributed by atoms with E-state index in [1.165, 1.54) is 32.0 Å². The molecule has 0 amide bonds. The zero-order valence-corrected chi connectivity index (χ0v) is 17.7. The van der Waals surface area contributed by atoms with E-state index < -0.39 is 0 Å². The number of quaternary nitrogens is 1. The van der Waals surface area contributed by atoms with Gasteiger partial charge in [-0.05, 0) is 28.6 Å². The molecule has 0 radical (unpaired) electrons. The van der Waals surface area contributed by atoms with Crippen LogP contribution in [0.3, 0.4) is 0 Å². The normalized spacial score (nSPS) is 11.0. The van der Waals surface area contributed by atoms with Gasteiger partial charge in [0.2, 0.25) is 0 Å². The molecular weight excluding hydrogens is 374 g/mol. The van der Waals surface area contributed by atoms with E-state index in [9.17, 15) is 0 Å². The lowest BCUT2D eigenvalue weighted by Gasteiger charge is -2.13. The third kappa shape index (κ3) is 4.76. The molecule has 0 saturated heterocycles. The van der Waals surface area contributed by atoms with Crippen LogP contribution in [0.4, 0.5) is 0 Å². The van der Waals surface area contributed by atoms with E-state index in [1.807, 2.05) is 24.3 Å². The van der Waals surface area contributed by atoms with E-state index >= 15 is 0 Å². The van der Waals surface area contributed by atoms with Crippen LogP contribution in [0.25, 0.3) is 21.6 Å². The average Bonchev–Trinajstić information content (AvgIpc) is 3.23. The number of hydrogen-bond donors (Lipinski definition) is 1. The van der Waals surface area contributed by atoms with Crippen molar-refractivity contribution in [2.24, 2.45) is 0 Å². The fourth-order valence-electron chi connectivity index (χ4n) is 3.48. The SMILES string of the molecule is C[NH+](C)Cc1ccc(-c2sccc2-c2ccccc2OCc2ccccc2)cc1. The van der Waals surface area contributed by atoms with Crippen molar-refractivity contribution in [3.8, 4) is 27.3 Å². The van der Waals surface area contributed by atoms with Crippen LogP contribution >= 0.6 is 11.3 Å². The quantitative estimate of drug-likeness (QED) is 0.444. The molecule has 4 rings (SSSR count). The summed E-state index contributed by atoms with van der Waals surface area (Å²) in [6.07, 6.45) is 0. The molecule has 1 heterocycles. The maximum absolute atomic E-state index is 6.20. The lowest BCUT2D eigenvalue weighted by Crippen LogP contribution is -3.04. The molecule has 146 valence electrons. The molecule has 0 bridgehead atoms. The maximum Gasteiger partial charge on any atom is 0.127 e. The van der Waals surface area contributed by atoms with Gasteiger partial charge in [-0.25, -0.2) is 0 Å². The lowest BCUT2D eigenvalue weighted by atomic mass is 10.0. The standard InChI is InChI=1S/C26H25NOS/c1-27(2)18-20-12-14-22(15-13-20)26-24(16-17-29-26)23-10-6-7-11-25(23)28-19-21-8-4-3-5-9-21/h3-17H,18-19H2,1-2H3/p+1. The van der Waals surface area contributed by atoms with Crippen molar-refractivity contribution in [1.29, 1.82) is 0 Å². The Morgan fingerprint density at radius 3 is 2.21 bits per heavy atom. The van der Waals surface area contributed by atoms with Crippen molar-refractivity contribution < 1.29 is 9.64 Å². The molecular formula is C26H26NOS+. The first-order valence-corrected chi connectivity index (χ1v) is 10.8. The molecule has 1 aromatic heterocycles. The predicted octanol–water partition coefficient (Wildman–Crippen LogP) is 5.31. The summed E-state index contributed by atoms with van der Waals surface area (Å²) < 4.78 is 6.20. The summed E-state index contributed by atoms with van der Waals surface area (Å²) in [5.41, 5.74) is 6.15. The highest BCUT2D eigenvalue weighted by Crippen LogP contribution is 2.40. The van der Waals surface area contributed by atoms with Gasteiger partial charge in [-0.3, -0.25) is 0 Å². The van der Waals surface area contributed by atoms with Gasteiger partial charge in [0.05, 0.1) is 14.1 Å². The monoisotopic (exact) mass is 400 g/mol. The molecule has 4 aromatic rings. The molecule has 2 nitrogen and oxygen atoms in total. The van der Waals surface area contributed by atoms with Gasteiger partial charge in [-0.2, -0.15) is 0 Å². The first-order valence-electron chi connectivity index (χ1n) is 9.92. The number of thiophene rings is 1. The Morgan fingerprint density at radius 2 is 1.45 bits per heavy atom. The molecule has 0 aliphatic heterocycles. The first kappa shape index (κ1) is 19.4. The highest BCUT2D eigenvalue weighted by molar-refractivity contribution is 7.14. The van der Waals surface area contributed by atoms with Crippen LogP contribution in [-0.2, 0) is 13.2 Å². The van der Waals surface area contributed by atoms with Gasteiger partial charge in [0.1, 0.15) is 18.9 Å². The number of benzene rings is 3. The zero-order valence-electron chi connectivity index (χ0n) is 16.9. The van der Waals surface area contributed by atoms with E-state index in [0.717, 1.165) is 17.9 Å². The predicted molar refractivity (Wildman–Crippen MR) is 122 cm³/mol. The molecule has 29 heavy (non-hydrogen) atoms. The molecule has 0 aliphatic carbocycles. The van der Waals surface area contributed by atoms with Crippen LogP contribution in [0, 0.1) is 0 Å². The molecule has 3 aromatic carbocycles. The second-order valence-corrected chi connectivity index (χ2v) is 8.43. The Kier molecular flexibility index (Phi) is 6.09. The summed E-state index contributed by atoms with van der Waals surface area (Å²) in [5, 5.41) is 2.16. The van der Waals surface area contributed by atoms with E-state index in [1.54, 1.807) is 11.3 Å². The van der Waals surface area contributed by atoms with Crippen molar-refractivity contribution in [2.45, 2.75) is 13.2 Å². The Morgan fingerprint density at radius 1 is 0.724 bits per heavy atom. The fraction of sp³-hybridized carbons (Fsp3) is 0.154. The molecule has 0 atom stereocenters. The fourth-order valence-corrected chi connectivity index (χ4v) is 4.39. The van der Waals surface area contributed by atoms with Gasteiger partial charge in [-0.1, -0.05) is 72.8 Å². The minimum absolute atomic E-state index is 0.568. The number of ether oxygens (including phenoxy) is 1. The topological polar surface area (TPSA) is 13.7 Å². The number of para-hydroxylation sites is 1. The van der Waals surface area contributed by atoms with Crippen LogP contribution in [0.2, 0.25) is 0 Å². The summed E-state index contributed by atoms with van der Waals surface area (Å²) in [5.74, 6) is 0.920. The average molecular weight is 401 g/mol. The third-order valence-electron chi connectivity index (χ3n) is 4.85. The number of hydrogen-bond acceptors (Lipinski definition) is 2. The smallest absolute Gasteiger partial charge is 0.127 e. The lowest BCUT2D eigenvalue weighted by molar-refractivity contribution is -0.872. The molecule has 0 aliphatic rings. The van der Waals surface area contributed by atoms with E-state index in [-0.39, 0.29) is 0 Å². The van der Waals surface area contributed by atoms with Gasteiger partial charge in [0.25, 0.3) is 0 Å². The van der Waals surface area contributed by atoms with Crippen molar-refractivity contribution in [3.63, 3.8) is 0 Å². The minimum Gasteiger partial charge on any atom is -0.488 e. The number of rotatable bonds is 7. The summed E-state index contributed by atoms with van der Waals surface area (Å²) >= 11 is 1.78. The van der Waals surface area contributed by atoms with Crippen molar-refractivity contribution >= 4 is 11.3 Å². The van der Waals surface area contributed by atoms with E-state index in [2.05, 4.69) is 80.1 Å². The van der Waals surface area contributed by atoms with Crippen molar-refractivity contribution in [1.82, 2.24) is 0 Å². The van der Waals surface area contributed by atoms with Crippen LogP contribution < -0.4 is 9.64 Å². The van der Waals surface area contributed by atoms with Crippen LogP contribution in [0.1, 0.15) is 11.1 Å². The summed E-state index contributed by atoms with van der Waals surface area (Å²) in [6.45, 7) is 1.60. The summed E-state index contributed by atoms with van der Waals surface area (Å²) in [4.78, 5) is 2.71. The second-order valence-electron chi connectivity index (χ2n) is 7.51.